The predicted molar refractivity (Wildman–Crippen MR) is 86.4 cm³/mol. The van der Waals surface area contributed by atoms with Crippen molar-refractivity contribution in [3.8, 4) is 11.5 Å². The van der Waals surface area contributed by atoms with Crippen LogP contribution in [0.4, 0.5) is 0 Å². The molecule has 0 aliphatic carbocycles. The summed E-state index contributed by atoms with van der Waals surface area (Å²) in [6, 6.07) is 13.4. The molecule has 2 aromatic carbocycles. The van der Waals surface area contributed by atoms with Gasteiger partial charge in [-0.15, -0.1) is 0 Å². The molecule has 3 rings (SSSR count). The lowest BCUT2D eigenvalue weighted by Crippen LogP contribution is -1.98. The van der Waals surface area contributed by atoms with Gasteiger partial charge in [-0.1, -0.05) is 31.2 Å². The highest BCUT2D eigenvalue weighted by atomic mass is 16.5. The third-order valence-corrected chi connectivity index (χ3v) is 3.64. The highest BCUT2D eigenvalue weighted by Crippen LogP contribution is 2.34. The van der Waals surface area contributed by atoms with Crippen molar-refractivity contribution in [1.29, 1.82) is 0 Å². The molecule has 0 fully saturated rings. The predicted octanol–water partition coefficient (Wildman–Crippen LogP) is 4.26. The first-order valence-electron chi connectivity index (χ1n) is 7.51. The number of benzene rings is 2. The highest BCUT2D eigenvalue weighted by molar-refractivity contribution is 6.14. The van der Waals surface area contributed by atoms with Crippen LogP contribution in [-0.2, 0) is 6.42 Å². The van der Waals surface area contributed by atoms with Crippen molar-refractivity contribution in [1.82, 2.24) is 0 Å². The maximum Gasteiger partial charge on any atom is 0.231 e. The monoisotopic (exact) mass is 294 g/mol. The fourth-order valence-electron chi connectivity index (χ4n) is 2.42. The molecule has 1 heterocycles. The average molecular weight is 294 g/mol. The number of carbonyl (C=O) groups excluding carboxylic acids is 1. The SMILES string of the molecule is CCOc1ccc2c(c1)O/C(=C/c1ccc(CC)cc1)C2=O. The van der Waals surface area contributed by atoms with Crippen LogP contribution < -0.4 is 9.47 Å². The van der Waals surface area contributed by atoms with Crippen molar-refractivity contribution < 1.29 is 14.3 Å². The van der Waals surface area contributed by atoms with E-state index in [0.29, 0.717) is 29.4 Å². The Morgan fingerprint density at radius 1 is 1.09 bits per heavy atom. The summed E-state index contributed by atoms with van der Waals surface area (Å²) in [4.78, 5) is 12.4. The maximum atomic E-state index is 12.4. The summed E-state index contributed by atoms with van der Waals surface area (Å²) in [5.41, 5.74) is 2.81. The number of carbonyl (C=O) groups is 1. The maximum absolute atomic E-state index is 12.4. The molecule has 0 N–H and O–H groups in total. The Morgan fingerprint density at radius 2 is 1.86 bits per heavy atom. The zero-order valence-electron chi connectivity index (χ0n) is 12.8. The zero-order valence-corrected chi connectivity index (χ0v) is 12.8. The van der Waals surface area contributed by atoms with E-state index in [0.717, 1.165) is 12.0 Å². The molecule has 0 amide bonds. The highest BCUT2D eigenvalue weighted by Gasteiger charge is 2.27. The minimum atomic E-state index is -0.0855. The van der Waals surface area contributed by atoms with Gasteiger partial charge in [0.2, 0.25) is 5.78 Å². The van der Waals surface area contributed by atoms with Crippen molar-refractivity contribution in [2.24, 2.45) is 0 Å². The van der Waals surface area contributed by atoms with E-state index < -0.39 is 0 Å². The normalized spacial score (nSPS) is 14.8. The molecule has 0 radical (unpaired) electrons. The molecule has 2 aromatic rings. The lowest BCUT2D eigenvalue weighted by molar-refractivity contribution is 0.101. The van der Waals surface area contributed by atoms with Crippen molar-refractivity contribution in [2.75, 3.05) is 6.61 Å². The summed E-state index contributed by atoms with van der Waals surface area (Å²) in [7, 11) is 0. The van der Waals surface area contributed by atoms with Gasteiger partial charge in [-0.3, -0.25) is 4.79 Å². The Balaban J connectivity index is 1.87. The summed E-state index contributed by atoms with van der Waals surface area (Å²) in [6.07, 6.45) is 2.78. The van der Waals surface area contributed by atoms with E-state index >= 15 is 0 Å². The third-order valence-electron chi connectivity index (χ3n) is 3.64. The average Bonchev–Trinajstić information content (AvgIpc) is 2.84. The number of hydrogen-bond acceptors (Lipinski definition) is 3. The molecule has 22 heavy (non-hydrogen) atoms. The summed E-state index contributed by atoms with van der Waals surface area (Å²) in [5, 5.41) is 0. The quantitative estimate of drug-likeness (QED) is 0.790. The smallest absolute Gasteiger partial charge is 0.231 e. The molecule has 3 nitrogen and oxygen atoms in total. The number of hydrogen-bond donors (Lipinski definition) is 0. The molecule has 0 saturated carbocycles. The van der Waals surface area contributed by atoms with E-state index in [4.69, 9.17) is 9.47 Å². The van der Waals surface area contributed by atoms with Gasteiger partial charge in [0.05, 0.1) is 12.2 Å². The van der Waals surface area contributed by atoms with Crippen LogP contribution >= 0.6 is 0 Å². The van der Waals surface area contributed by atoms with E-state index in [1.165, 1.54) is 5.56 Å². The molecule has 0 spiro atoms. The number of ketones is 1. The number of fused-ring (bicyclic) bond motifs is 1. The second kappa shape index (κ2) is 6.06. The van der Waals surface area contributed by atoms with Crippen LogP contribution in [0.2, 0.25) is 0 Å². The van der Waals surface area contributed by atoms with Crippen LogP contribution in [0.1, 0.15) is 35.3 Å². The summed E-state index contributed by atoms with van der Waals surface area (Å²) in [6.45, 7) is 4.62. The summed E-state index contributed by atoms with van der Waals surface area (Å²) in [5.74, 6) is 1.54. The minimum Gasteiger partial charge on any atom is -0.494 e. The molecule has 0 aromatic heterocycles. The van der Waals surface area contributed by atoms with E-state index in [1.807, 2.05) is 19.1 Å². The van der Waals surface area contributed by atoms with Crippen molar-refractivity contribution in [2.45, 2.75) is 20.3 Å². The Kier molecular flexibility index (Phi) is 3.96. The first kappa shape index (κ1) is 14.4. The number of aryl methyl sites for hydroxylation is 1. The van der Waals surface area contributed by atoms with Gasteiger partial charge in [0.15, 0.2) is 5.76 Å². The molecule has 3 heteroatoms. The van der Waals surface area contributed by atoms with Crippen molar-refractivity contribution >= 4 is 11.9 Å². The van der Waals surface area contributed by atoms with E-state index in [1.54, 1.807) is 24.3 Å². The van der Waals surface area contributed by atoms with Crippen molar-refractivity contribution in [3.63, 3.8) is 0 Å². The van der Waals surface area contributed by atoms with E-state index in [-0.39, 0.29) is 5.78 Å². The zero-order chi connectivity index (χ0) is 15.5. The van der Waals surface area contributed by atoms with Gasteiger partial charge in [0.1, 0.15) is 11.5 Å². The first-order valence-corrected chi connectivity index (χ1v) is 7.51. The lowest BCUT2D eigenvalue weighted by atomic mass is 10.1. The lowest BCUT2D eigenvalue weighted by Gasteiger charge is -2.04. The number of allylic oxidation sites excluding steroid dienone is 1. The molecule has 1 aliphatic rings. The van der Waals surface area contributed by atoms with Crippen LogP contribution in [0.25, 0.3) is 6.08 Å². The molecule has 0 saturated heterocycles. The molecule has 0 bridgehead atoms. The van der Waals surface area contributed by atoms with Gasteiger partial charge in [-0.2, -0.15) is 0 Å². The van der Waals surface area contributed by atoms with Crippen LogP contribution in [0.5, 0.6) is 11.5 Å². The molecular weight excluding hydrogens is 276 g/mol. The van der Waals surface area contributed by atoms with Gasteiger partial charge in [0.25, 0.3) is 0 Å². The van der Waals surface area contributed by atoms with Gasteiger partial charge < -0.3 is 9.47 Å². The number of ether oxygens (including phenoxy) is 2. The fraction of sp³-hybridized carbons (Fsp3) is 0.211. The van der Waals surface area contributed by atoms with Crippen LogP contribution in [0, 0.1) is 0 Å². The van der Waals surface area contributed by atoms with E-state index in [9.17, 15) is 4.79 Å². The van der Waals surface area contributed by atoms with Gasteiger partial charge in [-0.25, -0.2) is 0 Å². The fourth-order valence-corrected chi connectivity index (χ4v) is 2.42. The largest absolute Gasteiger partial charge is 0.494 e. The molecule has 0 atom stereocenters. The molecule has 112 valence electrons. The minimum absolute atomic E-state index is 0.0855. The standard InChI is InChI=1S/C19H18O3/c1-3-13-5-7-14(8-6-13)11-18-19(20)16-10-9-15(21-4-2)12-17(16)22-18/h5-12H,3-4H2,1-2H3/b18-11+. The van der Waals surface area contributed by atoms with Crippen LogP contribution in [-0.4, -0.2) is 12.4 Å². The first-order chi connectivity index (χ1) is 10.7. The Labute approximate surface area is 130 Å². The topological polar surface area (TPSA) is 35.5 Å². The second-order valence-electron chi connectivity index (χ2n) is 5.13. The van der Waals surface area contributed by atoms with Gasteiger partial charge in [0, 0.05) is 6.07 Å². The van der Waals surface area contributed by atoms with E-state index in [2.05, 4.69) is 19.1 Å². The molecular formula is C19H18O3. The Hall–Kier alpha value is -2.55. The Morgan fingerprint density at radius 3 is 2.55 bits per heavy atom. The van der Waals surface area contributed by atoms with Gasteiger partial charge in [-0.05, 0) is 42.7 Å². The number of rotatable bonds is 4. The third kappa shape index (κ3) is 2.75. The van der Waals surface area contributed by atoms with Crippen molar-refractivity contribution in [3.05, 3.63) is 64.9 Å². The second-order valence-corrected chi connectivity index (χ2v) is 5.13. The molecule has 0 unspecified atom stereocenters. The van der Waals surface area contributed by atoms with Gasteiger partial charge >= 0.3 is 0 Å². The summed E-state index contributed by atoms with van der Waals surface area (Å²) >= 11 is 0. The van der Waals surface area contributed by atoms with Crippen LogP contribution in [0.3, 0.4) is 0 Å². The molecule has 1 aliphatic heterocycles. The number of Topliss-reactive ketones (excluding diaryl/α,β-unsaturated/α-hetero) is 1. The Bertz CT molecular complexity index is 727. The summed E-state index contributed by atoms with van der Waals surface area (Å²) < 4.78 is 11.1. The van der Waals surface area contributed by atoms with Crippen LogP contribution in [0.15, 0.2) is 48.2 Å².